The van der Waals surface area contributed by atoms with E-state index >= 15 is 0 Å². The average Bonchev–Trinajstić information content (AvgIpc) is 2.83. The van der Waals surface area contributed by atoms with Crippen LogP contribution >= 0.6 is 11.5 Å². The Kier molecular flexibility index (Phi) is 4.28. The summed E-state index contributed by atoms with van der Waals surface area (Å²) in [5.74, 6) is -0.0533. The van der Waals surface area contributed by atoms with Crippen molar-refractivity contribution in [2.24, 2.45) is 0 Å². The number of hydrogen-bond acceptors (Lipinski definition) is 3. The van der Waals surface area contributed by atoms with Crippen molar-refractivity contribution in [3.8, 4) is 0 Å². The zero-order valence-electron chi connectivity index (χ0n) is 12.1. The molecule has 0 saturated carbocycles. The zero-order valence-corrected chi connectivity index (χ0v) is 12.9. The Balaban J connectivity index is 0.000000704. The average molecular weight is 292 g/mol. The third kappa shape index (κ3) is 2.26. The van der Waals surface area contributed by atoms with E-state index in [1.165, 1.54) is 11.5 Å². The number of rotatable bonds is 1. The molecule has 0 radical (unpaired) electrons. The van der Waals surface area contributed by atoms with Crippen LogP contribution in [-0.2, 0) is 10.3 Å². The van der Waals surface area contributed by atoms with Crippen LogP contribution in [0.15, 0.2) is 29.1 Å². The van der Waals surface area contributed by atoms with Gasteiger partial charge < -0.3 is 5.32 Å². The van der Waals surface area contributed by atoms with Crippen molar-refractivity contribution in [3.05, 3.63) is 34.6 Å². The minimum absolute atomic E-state index is 0.0533. The topological polar surface area (TPSA) is 51.1 Å². The van der Waals surface area contributed by atoms with Crippen LogP contribution in [0.25, 0.3) is 10.1 Å². The lowest BCUT2D eigenvalue weighted by atomic mass is 9.92. The van der Waals surface area contributed by atoms with Gasteiger partial charge in [0.1, 0.15) is 5.54 Å². The zero-order chi connectivity index (χ0) is 14.8. The summed E-state index contributed by atoms with van der Waals surface area (Å²) in [6, 6.07) is 7.49. The van der Waals surface area contributed by atoms with Crippen molar-refractivity contribution >= 4 is 27.5 Å². The van der Waals surface area contributed by atoms with Gasteiger partial charge in [-0.15, -0.1) is 0 Å². The van der Waals surface area contributed by atoms with Crippen LogP contribution in [-0.4, -0.2) is 16.4 Å². The molecule has 0 bridgehead atoms. The summed E-state index contributed by atoms with van der Waals surface area (Å²) in [7, 11) is 0. The van der Waals surface area contributed by atoms with Gasteiger partial charge in [0.05, 0.1) is 10.1 Å². The molecule has 108 valence electrons. The van der Waals surface area contributed by atoms with Crippen molar-refractivity contribution in [2.75, 3.05) is 6.54 Å². The highest BCUT2D eigenvalue weighted by molar-refractivity contribution is 7.14. The maximum Gasteiger partial charge on any atom is 0.269 e. The number of carbonyl (C=O) groups excluding carboxylic acids is 1. The van der Waals surface area contributed by atoms with Crippen LogP contribution < -0.4 is 10.9 Å². The predicted molar refractivity (Wildman–Crippen MR) is 83.3 cm³/mol. The summed E-state index contributed by atoms with van der Waals surface area (Å²) in [5.41, 5.74) is -0.797. The second kappa shape index (κ2) is 5.79. The Morgan fingerprint density at radius 3 is 2.60 bits per heavy atom. The van der Waals surface area contributed by atoms with Gasteiger partial charge in [-0.3, -0.25) is 9.59 Å². The molecule has 0 aliphatic carbocycles. The molecule has 1 aliphatic heterocycles. The molecule has 1 atom stereocenters. The molecule has 1 aliphatic rings. The lowest BCUT2D eigenvalue weighted by molar-refractivity contribution is -0.130. The van der Waals surface area contributed by atoms with E-state index in [9.17, 15) is 9.59 Å². The molecule has 1 amide bonds. The maximum absolute atomic E-state index is 12.4. The smallest absolute Gasteiger partial charge is 0.269 e. The van der Waals surface area contributed by atoms with Crippen molar-refractivity contribution < 1.29 is 4.79 Å². The van der Waals surface area contributed by atoms with Crippen LogP contribution in [0.3, 0.4) is 0 Å². The first-order chi connectivity index (χ1) is 9.63. The summed E-state index contributed by atoms with van der Waals surface area (Å²) in [6.07, 6.45) is 1.62. The summed E-state index contributed by atoms with van der Waals surface area (Å²) in [6.45, 7) is 6.55. The van der Waals surface area contributed by atoms with E-state index in [1.807, 2.05) is 45.0 Å². The molecule has 5 heteroatoms. The number of hydrogen-bond donors (Lipinski definition) is 1. The minimum Gasteiger partial charge on any atom is -0.354 e. The Bertz CT molecular complexity index is 674. The van der Waals surface area contributed by atoms with Gasteiger partial charge in [-0.2, -0.15) is 0 Å². The Hall–Kier alpha value is -1.62. The molecule has 4 nitrogen and oxygen atoms in total. The minimum atomic E-state index is -0.737. The summed E-state index contributed by atoms with van der Waals surface area (Å²) >= 11 is 1.38. The molecule has 1 fully saturated rings. The number of amides is 1. The van der Waals surface area contributed by atoms with Gasteiger partial charge in [-0.1, -0.05) is 37.5 Å². The number of fused-ring (bicyclic) bond motifs is 1. The number of benzene rings is 1. The number of nitrogens with zero attached hydrogens (tertiary/aromatic N) is 1. The highest BCUT2D eigenvalue weighted by atomic mass is 32.1. The third-order valence-electron chi connectivity index (χ3n) is 3.55. The van der Waals surface area contributed by atoms with Gasteiger partial charge in [0, 0.05) is 6.54 Å². The van der Waals surface area contributed by atoms with E-state index in [1.54, 1.807) is 3.96 Å². The number of nitrogens with one attached hydrogen (secondary N) is 1. The van der Waals surface area contributed by atoms with Gasteiger partial charge in [0.15, 0.2) is 0 Å². The fourth-order valence-corrected chi connectivity index (χ4v) is 3.58. The van der Waals surface area contributed by atoms with Crippen LogP contribution in [0, 0.1) is 0 Å². The fourth-order valence-electron chi connectivity index (χ4n) is 2.43. The lowest BCUT2D eigenvalue weighted by Crippen LogP contribution is -2.52. The number of aromatic nitrogens is 1. The first kappa shape index (κ1) is 14.8. The van der Waals surface area contributed by atoms with Crippen LogP contribution in [0.4, 0.5) is 0 Å². The largest absolute Gasteiger partial charge is 0.354 e. The molecule has 0 spiro atoms. The summed E-state index contributed by atoms with van der Waals surface area (Å²) in [4.78, 5) is 24.5. The molecule has 1 N–H and O–H groups in total. The van der Waals surface area contributed by atoms with Crippen LogP contribution in [0.2, 0.25) is 0 Å². The first-order valence-electron chi connectivity index (χ1n) is 7.03. The second-order valence-electron chi connectivity index (χ2n) is 4.82. The monoisotopic (exact) mass is 292 g/mol. The van der Waals surface area contributed by atoms with Gasteiger partial charge >= 0.3 is 0 Å². The van der Waals surface area contributed by atoms with Crippen molar-refractivity contribution in [1.29, 1.82) is 0 Å². The number of carbonyl (C=O) groups is 1. The van der Waals surface area contributed by atoms with E-state index in [4.69, 9.17) is 0 Å². The standard InChI is InChI=1S/C13H14N2O2S.C2H6/c1-13(7-4-8-14-12(13)17)15-11(16)9-5-2-3-6-10(9)18-15;1-2/h2-3,5-6H,4,7-8H2,1H3,(H,14,17);1-2H3. The molecule has 2 heterocycles. The van der Waals surface area contributed by atoms with Crippen molar-refractivity contribution in [1.82, 2.24) is 9.27 Å². The fraction of sp³-hybridized carbons (Fsp3) is 0.467. The molecule has 1 unspecified atom stereocenters. The van der Waals surface area contributed by atoms with Crippen LogP contribution in [0.5, 0.6) is 0 Å². The van der Waals surface area contributed by atoms with E-state index < -0.39 is 5.54 Å². The van der Waals surface area contributed by atoms with Crippen molar-refractivity contribution in [3.63, 3.8) is 0 Å². The van der Waals surface area contributed by atoms with Gasteiger partial charge in [-0.25, -0.2) is 3.96 Å². The van der Waals surface area contributed by atoms with E-state index in [2.05, 4.69) is 5.32 Å². The SMILES string of the molecule is CC.CC1(n2sc3ccccc3c2=O)CCCNC1=O. The highest BCUT2D eigenvalue weighted by Gasteiger charge is 2.39. The van der Waals surface area contributed by atoms with E-state index in [-0.39, 0.29) is 11.5 Å². The van der Waals surface area contributed by atoms with Gasteiger partial charge in [-0.05, 0) is 31.9 Å². The molecule has 20 heavy (non-hydrogen) atoms. The highest BCUT2D eigenvalue weighted by Crippen LogP contribution is 2.29. The van der Waals surface area contributed by atoms with Gasteiger partial charge in [0.2, 0.25) is 5.91 Å². The molecular formula is C15H20N2O2S. The van der Waals surface area contributed by atoms with E-state index in [0.717, 1.165) is 11.1 Å². The third-order valence-corrected chi connectivity index (χ3v) is 4.86. The second-order valence-corrected chi connectivity index (χ2v) is 5.81. The van der Waals surface area contributed by atoms with Crippen LogP contribution in [0.1, 0.15) is 33.6 Å². The summed E-state index contributed by atoms with van der Waals surface area (Å²) in [5, 5.41) is 3.55. The molecule has 3 rings (SSSR count). The van der Waals surface area contributed by atoms with E-state index in [0.29, 0.717) is 18.4 Å². The molecule has 1 aromatic heterocycles. The Morgan fingerprint density at radius 1 is 1.25 bits per heavy atom. The molecular weight excluding hydrogens is 272 g/mol. The number of piperidine rings is 1. The quantitative estimate of drug-likeness (QED) is 0.878. The summed E-state index contributed by atoms with van der Waals surface area (Å²) < 4.78 is 2.56. The molecule has 2 aromatic rings. The predicted octanol–water partition coefficient (Wildman–Crippen LogP) is 2.71. The maximum atomic E-state index is 12.4. The van der Waals surface area contributed by atoms with Gasteiger partial charge in [0.25, 0.3) is 5.56 Å². The normalized spacial score (nSPS) is 22.1. The molecule has 1 saturated heterocycles. The first-order valence-corrected chi connectivity index (χ1v) is 7.80. The molecule has 1 aromatic carbocycles. The lowest BCUT2D eigenvalue weighted by Gasteiger charge is -2.32. The van der Waals surface area contributed by atoms with Crippen molar-refractivity contribution in [2.45, 2.75) is 39.2 Å². The Labute approximate surface area is 122 Å². The Morgan fingerprint density at radius 2 is 1.95 bits per heavy atom.